The zero-order chi connectivity index (χ0) is 16.2. The molecule has 0 unspecified atom stereocenters. The van der Waals surface area contributed by atoms with Crippen molar-refractivity contribution in [2.45, 2.75) is 56.8 Å². The number of carboxylic acid groups (broad SMARTS) is 1. The predicted octanol–water partition coefficient (Wildman–Crippen LogP) is 0.534. The summed E-state index contributed by atoms with van der Waals surface area (Å²) in [6, 6.07) is 0. The van der Waals surface area contributed by atoms with Gasteiger partial charge in [0.1, 0.15) is 5.54 Å². The Morgan fingerprint density at radius 1 is 1.23 bits per heavy atom. The van der Waals surface area contributed by atoms with E-state index in [1.807, 2.05) is 0 Å². The van der Waals surface area contributed by atoms with Crippen molar-refractivity contribution < 1.29 is 19.9 Å². The van der Waals surface area contributed by atoms with Crippen LogP contribution in [0.1, 0.15) is 44.9 Å². The fraction of sp³-hybridized carbons (Fsp3) is 0.933. The van der Waals surface area contributed by atoms with Crippen LogP contribution >= 0.6 is 0 Å². The van der Waals surface area contributed by atoms with Gasteiger partial charge in [0.05, 0.1) is 0 Å². The number of aliphatic carboxylic acids is 1. The summed E-state index contributed by atoms with van der Waals surface area (Å²) in [6.45, 7) is 2.87. The van der Waals surface area contributed by atoms with Gasteiger partial charge in [0.2, 0.25) is 0 Å². The third-order valence-electron chi connectivity index (χ3n) is 5.44. The van der Waals surface area contributed by atoms with E-state index in [0.29, 0.717) is 12.8 Å². The van der Waals surface area contributed by atoms with E-state index in [0.717, 1.165) is 32.5 Å². The van der Waals surface area contributed by atoms with Crippen molar-refractivity contribution in [1.29, 1.82) is 0 Å². The Labute approximate surface area is 132 Å². The summed E-state index contributed by atoms with van der Waals surface area (Å²) in [4.78, 5) is 14.1. The minimum absolute atomic E-state index is 0.0154. The molecule has 0 aromatic rings. The third-order valence-corrected chi connectivity index (χ3v) is 5.44. The SMILES string of the molecule is N[C@]1(C(=O)O)C[C@H](CCB(O)O)CC[C@H]1CN1CCCCC1. The fourth-order valence-electron chi connectivity index (χ4n) is 4.04. The highest BCUT2D eigenvalue weighted by atomic mass is 16.4. The molecule has 1 heterocycles. The number of nitrogens with zero attached hydrogens (tertiary/aromatic N) is 1. The van der Waals surface area contributed by atoms with E-state index in [-0.39, 0.29) is 18.2 Å². The van der Waals surface area contributed by atoms with Crippen LogP contribution in [0.3, 0.4) is 0 Å². The van der Waals surface area contributed by atoms with Crippen molar-refractivity contribution in [2.24, 2.45) is 17.6 Å². The summed E-state index contributed by atoms with van der Waals surface area (Å²) in [6.07, 6.45) is 6.73. The summed E-state index contributed by atoms with van der Waals surface area (Å²) in [5.74, 6) is -0.761. The lowest BCUT2D eigenvalue weighted by Crippen LogP contribution is -2.60. The van der Waals surface area contributed by atoms with E-state index in [2.05, 4.69) is 4.90 Å². The highest BCUT2D eigenvalue weighted by molar-refractivity contribution is 6.40. The number of carboxylic acids is 1. The van der Waals surface area contributed by atoms with Gasteiger partial charge in [0.15, 0.2) is 0 Å². The zero-order valence-corrected chi connectivity index (χ0v) is 13.3. The second kappa shape index (κ2) is 7.77. The lowest BCUT2D eigenvalue weighted by molar-refractivity contribution is -0.148. The molecule has 126 valence electrons. The quantitative estimate of drug-likeness (QED) is 0.533. The minimum atomic E-state index is -1.32. The molecule has 1 saturated carbocycles. The average Bonchev–Trinajstić information content (AvgIpc) is 2.48. The molecular formula is C15H29BN2O4. The van der Waals surface area contributed by atoms with Crippen LogP contribution in [0.5, 0.6) is 0 Å². The van der Waals surface area contributed by atoms with Gasteiger partial charge in [0, 0.05) is 12.5 Å². The minimum Gasteiger partial charge on any atom is -0.480 e. The summed E-state index contributed by atoms with van der Waals surface area (Å²) in [7, 11) is -1.32. The van der Waals surface area contributed by atoms with E-state index < -0.39 is 18.6 Å². The number of likely N-dealkylation sites (tertiary alicyclic amines) is 1. The van der Waals surface area contributed by atoms with Crippen molar-refractivity contribution in [1.82, 2.24) is 4.90 Å². The Hall–Kier alpha value is -0.625. The Bertz CT molecular complexity index is 377. The molecule has 7 heteroatoms. The molecular weight excluding hydrogens is 283 g/mol. The standard InChI is InChI=1S/C15H29BN2O4/c17-15(14(19)20)10-12(6-7-16(21)22)4-5-13(15)11-18-8-2-1-3-9-18/h12-13,21-22H,1-11,17H2,(H,19,20)/t12-,13-,15+/m0/s1. The first kappa shape index (κ1) is 17.7. The number of carbonyl (C=O) groups is 1. The van der Waals surface area contributed by atoms with E-state index in [1.54, 1.807) is 0 Å². The topological polar surface area (TPSA) is 107 Å². The smallest absolute Gasteiger partial charge is 0.451 e. The molecule has 0 radical (unpaired) electrons. The molecule has 0 bridgehead atoms. The molecule has 1 aliphatic carbocycles. The van der Waals surface area contributed by atoms with Crippen LogP contribution in [0, 0.1) is 11.8 Å². The third kappa shape index (κ3) is 4.44. The second-order valence-corrected chi connectivity index (χ2v) is 7.11. The predicted molar refractivity (Wildman–Crippen MR) is 85.3 cm³/mol. The lowest BCUT2D eigenvalue weighted by atomic mass is 9.66. The maximum Gasteiger partial charge on any atom is 0.451 e. The average molecular weight is 312 g/mol. The maximum absolute atomic E-state index is 11.8. The number of hydrogen-bond donors (Lipinski definition) is 4. The first-order valence-corrected chi connectivity index (χ1v) is 8.52. The number of nitrogens with two attached hydrogens (primary N) is 1. The van der Waals surface area contributed by atoms with Gasteiger partial charge in [-0.25, -0.2) is 0 Å². The Morgan fingerprint density at radius 3 is 2.50 bits per heavy atom. The van der Waals surface area contributed by atoms with Crippen LogP contribution in [-0.4, -0.2) is 58.3 Å². The van der Waals surface area contributed by atoms with Crippen LogP contribution in [0.15, 0.2) is 0 Å². The Morgan fingerprint density at radius 2 is 1.91 bits per heavy atom. The van der Waals surface area contributed by atoms with E-state index in [9.17, 15) is 9.90 Å². The van der Waals surface area contributed by atoms with Crippen molar-refractivity contribution in [3.05, 3.63) is 0 Å². The first-order chi connectivity index (χ1) is 10.4. The van der Waals surface area contributed by atoms with E-state index in [1.165, 1.54) is 19.3 Å². The Kier molecular flexibility index (Phi) is 6.26. The molecule has 2 aliphatic rings. The van der Waals surface area contributed by atoms with Gasteiger partial charge in [-0.1, -0.05) is 12.8 Å². The molecule has 0 aromatic carbocycles. The molecule has 2 fully saturated rings. The highest BCUT2D eigenvalue weighted by Gasteiger charge is 2.47. The summed E-state index contributed by atoms with van der Waals surface area (Å²) in [5.41, 5.74) is 5.13. The number of piperidine rings is 1. The molecule has 1 saturated heterocycles. The van der Waals surface area contributed by atoms with Crippen molar-refractivity contribution in [3.8, 4) is 0 Å². The Balaban J connectivity index is 1.96. The first-order valence-electron chi connectivity index (χ1n) is 8.52. The van der Waals surface area contributed by atoms with Gasteiger partial charge < -0.3 is 25.8 Å². The summed E-state index contributed by atoms with van der Waals surface area (Å²) in [5, 5.41) is 27.6. The van der Waals surface area contributed by atoms with E-state index in [4.69, 9.17) is 15.8 Å². The molecule has 0 aromatic heterocycles. The number of rotatable bonds is 6. The summed E-state index contributed by atoms with van der Waals surface area (Å²) < 4.78 is 0. The molecule has 0 spiro atoms. The van der Waals surface area contributed by atoms with Gasteiger partial charge in [-0.15, -0.1) is 0 Å². The fourth-order valence-corrected chi connectivity index (χ4v) is 4.04. The highest BCUT2D eigenvalue weighted by Crippen LogP contribution is 2.38. The maximum atomic E-state index is 11.8. The second-order valence-electron chi connectivity index (χ2n) is 7.11. The molecule has 2 rings (SSSR count). The van der Waals surface area contributed by atoms with Crippen molar-refractivity contribution in [2.75, 3.05) is 19.6 Å². The van der Waals surface area contributed by atoms with Gasteiger partial charge in [-0.05, 0) is 57.4 Å². The zero-order valence-electron chi connectivity index (χ0n) is 13.3. The molecule has 1 aliphatic heterocycles. The van der Waals surface area contributed by atoms with Crippen LogP contribution < -0.4 is 5.73 Å². The largest absolute Gasteiger partial charge is 0.480 e. The summed E-state index contributed by atoms with van der Waals surface area (Å²) >= 11 is 0. The molecule has 0 amide bonds. The normalized spacial score (nSPS) is 33.6. The monoisotopic (exact) mass is 312 g/mol. The van der Waals surface area contributed by atoms with Crippen molar-refractivity contribution >= 4 is 13.1 Å². The van der Waals surface area contributed by atoms with Gasteiger partial charge in [-0.3, -0.25) is 4.79 Å². The molecule has 3 atom stereocenters. The molecule has 6 nitrogen and oxygen atoms in total. The van der Waals surface area contributed by atoms with Crippen LogP contribution in [0.4, 0.5) is 0 Å². The molecule has 22 heavy (non-hydrogen) atoms. The lowest BCUT2D eigenvalue weighted by Gasteiger charge is -2.44. The van der Waals surface area contributed by atoms with Crippen LogP contribution in [0.2, 0.25) is 6.32 Å². The van der Waals surface area contributed by atoms with Crippen LogP contribution in [-0.2, 0) is 4.79 Å². The van der Waals surface area contributed by atoms with Gasteiger partial charge in [-0.2, -0.15) is 0 Å². The number of hydrogen-bond acceptors (Lipinski definition) is 5. The van der Waals surface area contributed by atoms with Crippen LogP contribution in [0.25, 0.3) is 0 Å². The van der Waals surface area contributed by atoms with Crippen molar-refractivity contribution in [3.63, 3.8) is 0 Å². The molecule has 5 N–H and O–H groups in total. The van der Waals surface area contributed by atoms with Gasteiger partial charge >= 0.3 is 13.1 Å². The van der Waals surface area contributed by atoms with E-state index >= 15 is 0 Å². The van der Waals surface area contributed by atoms with Gasteiger partial charge in [0.25, 0.3) is 0 Å².